The summed E-state index contributed by atoms with van der Waals surface area (Å²) in [5, 5.41) is 9.99. The first-order chi connectivity index (χ1) is 7.15. The molecule has 0 saturated carbocycles. The van der Waals surface area contributed by atoms with Gasteiger partial charge in [-0.2, -0.15) is 0 Å². The number of aromatic nitrogens is 1. The normalized spacial score (nSPS) is 24.0. The summed E-state index contributed by atoms with van der Waals surface area (Å²) in [5.74, 6) is -0.153. The lowest BCUT2D eigenvalue weighted by Crippen LogP contribution is -2.37. The Balaban J connectivity index is 2.42. The van der Waals surface area contributed by atoms with Crippen molar-refractivity contribution in [3.63, 3.8) is 0 Å². The van der Waals surface area contributed by atoms with Gasteiger partial charge in [-0.3, -0.25) is 4.98 Å². The fourth-order valence-corrected chi connectivity index (χ4v) is 2.26. The highest BCUT2D eigenvalue weighted by molar-refractivity contribution is 5.64. The number of carbonyl (C=O) groups excluding carboxylic acids is 1. The standard InChI is InChI=1S/C12H15NO2/c1-12(15,8-14)10-6-2-4-9-5-3-7-13-11(9)10/h3,5,7-8,10,15H,2,4,6H2,1H3. The predicted molar refractivity (Wildman–Crippen MR) is 56.6 cm³/mol. The van der Waals surface area contributed by atoms with Gasteiger partial charge in [0.05, 0.1) is 0 Å². The Hall–Kier alpha value is -1.22. The molecule has 15 heavy (non-hydrogen) atoms. The maximum atomic E-state index is 10.9. The third-order valence-corrected chi connectivity index (χ3v) is 3.14. The van der Waals surface area contributed by atoms with Crippen molar-refractivity contribution in [3.8, 4) is 0 Å². The molecule has 0 saturated heterocycles. The van der Waals surface area contributed by atoms with Crippen LogP contribution in [0.3, 0.4) is 0 Å². The van der Waals surface area contributed by atoms with E-state index in [0.717, 1.165) is 30.5 Å². The van der Waals surface area contributed by atoms with Crippen LogP contribution in [0, 0.1) is 0 Å². The lowest BCUT2D eigenvalue weighted by Gasteiger charge is -2.32. The van der Waals surface area contributed by atoms with Crippen LogP contribution in [0.5, 0.6) is 0 Å². The van der Waals surface area contributed by atoms with Gasteiger partial charge in [-0.1, -0.05) is 6.07 Å². The molecule has 2 rings (SSSR count). The smallest absolute Gasteiger partial charge is 0.151 e. The first-order valence-corrected chi connectivity index (χ1v) is 5.27. The summed E-state index contributed by atoms with van der Waals surface area (Å²) in [6, 6.07) is 3.92. The zero-order valence-corrected chi connectivity index (χ0v) is 8.81. The van der Waals surface area contributed by atoms with Gasteiger partial charge in [0.25, 0.3) is 0 Å². The van der Waals surface area contributed by atoms with Gasteiger partial charge in [-0.25, -0.2) is 0 Å². The van der Waals surface area contributed by atoms with E-state index >= 15 is 0 Å². The molecule has 1 aliphatic rings. The molecule has 3 heteroatoms. The monoisotopic (exact) mass is 205 g/mol. The van der Waals surface area contributed by atoms with E-state index in [-0.39, 0.29) is 5.92 Å². The highest BCUT2D eigenvalue weighted by Gasteiger charge is 2.36. The quantitative estimate of drug-likeness (QED) is 0.743. The first-order valence-electron chi connectivity index (χ1n) is 5.27. The topological polar surface area (TPSA) is 50.2 Å². The highest BCUT2D eigenvalue weighted by atomic mass is 16.3. The molecule has 0 aliphatic heterocycles. The van der Waals surface area contributed by atoms with Crippen LogP contribution in [-0.2, 0) is 11.2 Å². The van der Waals surface area contributed by atoms with Crippen LogP contribution >= 0.6 is 0 Å². The molecule has 2 unspecified atom stereocenters. The van der Waals surface area contributed by atoms with Gasteiger partial charge in [-0.15, -0.1) is 0 Å². The number of hydrogen-bond donors (Lipinski definition) is 1. The van der Waals surface area contributed by atoms with Crippen LogP contribution in [-0.4, -0.2) is 22.0 Å². The van der Waals surface area contributed by atoms with Crippen LogP contribution in [0.4, 0.5) is 0 Å². The second-order valence-corrected chi connectivity index (χ2v) is 4.34. The van der Waals surface area contributed by atoms with Gasteiger partial charge in [0, 0.05) is 17.8 Å². The van der Waals surface area contributed by atoms with E-state index in [1.165, 1.54) is 0 Å². The summed E-state index contributed by atoms with van der Waals surface area (Å²) >= 11 is 0. The van der Waals surface area contributed by atoms with E-state index in [0.29, 0.717) is 6.29 Å². The molecule has 0 bridgehead atoms. The number of aliphatic hydroxyl groups is 1. The molecule has 1 aromatic rings. The number of pyridine rings is 1. The first kappa shape index (κ1) is 10.3. The summed E-state index contributed by atoms with van der Waals surface area (Å²) in [4.78, 5) is 15.2. The van der Waals surface area contributed by atoms with E-state index in [2.05, 4.69) is 4.98 Å². The number of rotatable bonds is 2. The molecule has 3 nitrogen and oxygen atoms in total. The molecule has 1 N–H and O–H groups in total. The van der Waals surface area contributed by atoms with Crippen molar-refractivity contribution in [3.05, 3.63) is 29.6 Å². The average molecular weight is 205 g/mol. The molecule has 0 fully saturated rings. The van der Waals surface area contributed by atoms with Gasteiger partial charge >= 0.3 is 0 Å². The lowest BCUT2D eigenvalue weighted by atomic mass is 9.77. The molecular weight excluding hydrogens is 190 g/mol. The largest absolute Gasteiger partial charge is 0.382 e. The zero-order valence-electron chi connectivity index (χ0n) is 8.81. The third kappa shape index (κ3) is 1.79. The Morgan fingerprint density at radius 3 is 3.20 bits per heavy atom. The van der Waals surface area contributed by atoms with E-state index < -0.39 is 5.60 Å². The van der Waals surface area contributed by atoms with Crippen LogP contribution < -0.4 is 0 Å². The molecule has 80 valence electrons. The van der Waals surface area contributed by atoms with E-state index in [1.807, 2.05) is 12.1 Å². The second kappa shape index (κ2) is 3.74. The minimum atomic E-state index is -1.29. The Labute approximate surface area is 89.2 Å². The Kier molecular flexibility index (Phi) is 2.57. The lowest BCUT2D eigenvalue weighted by molar-refractivity contribution is -0.125. The molecule has 2 atom stereocenters. The van der Waals surface area contributed by atoms with Gasteiger partial charge in [-0.05, 0) is 37.8 Å². The van der Waals surface area contributed by atoms with Crippen molar-refractivity contribution in [2.75, 3.05) is 0 Å². The van der Waals surface area contributed by atoms with E-state index in [4.69, 9.17) is 0 Å². The maximum absolute atomic E-state index is 10.9. The summed E-state index contributed by atoms with van der Waals surface area (Å²) in [5.41, 5.74) is 0.764. The molecule has 1 aliphatic carbocycles. The van der Waals surface area contributed by atoms with E-state index in [9.17, 15) is 9.90 Å². The molecule has 0 amide bonds. The van der Waals surface area contributed by atoms with Gasteiger partial charge in [0.1, 0.15) is 5.60 Å². The number of aldehydes is 1. The van der Waals surface area contributed by atoms with Crippen molar-refractivity contribution in [1.29, 1.82) is 0 Å². The Morgan fingerprint density at radius 2 is 2.47 bits per heavy atom. The molecule has 0 radical (unpaired) electrons. The summed E-state index contributed by atoms with van der Waals surface area (Å²) in [6.07, 6.45) is 5.18. The molecule has 0 aromatic carbocycles. The maximum Gasteiger partial charge on any atom is 0.151 e. The fraction of sp³-hybridized carbons (Fsp3) is 0.500. The fourth-order valence-electron chi connectivity index (χ4n) is 2.26. The van der Waals surface area contributed by atoms with Gasteiger partial charge in [0.2, 0.25) is 0 Å². The molecule has 1 heterocycles. The minimum absolute atomic E-state index is 0.153. The third-order valence-electron chi connectivity index (χ3n) is 3.14. The number of fused-ring (bicyclic) bond motifs is 1. The number of hydrogen-bond acceptors (Lipinski definition) is 3. The van der Waals surface area contributed by atoms with E-state index in [1.54, 1.807) is 13.1 Å². The SMILES string of the molecule is CC(O)(C=O)C1CCCc2cccnc21. The zero-order chi connectivity index (χ0) is 10.9. The molecular formula is C12H15NO2. The Morgan fingerprint density at radius 1 is 1.67 bits per heavy atom. The Bertz CT molecular complexity index is 374. The van der Waals surface area contributed by atoms with Crippen LogP contribution in [0.25, 0.3) is 0 Å². The van der Waals surface area contributed by atoms with Crippen LogP contribution in [0.2, 0.25) is 0 Å². The highest BCUT2D eigenvalue weighted by Crippen LogP contribution is 2.36. The van der Waals surface area contributed by atoms with Gasteiger partial charge < -0.3 is 9.90 Å². The van der Waals surface area contributed by atoms with Crippen molar-refractivity contribution in [2.45, 2.75) is 37.7 Å². The second-order valence-electron chi connectivity index (χ2n) is 4.34. The van der Waals surface area contributed by atoms with Crippen molar-refractivity contribution >= 4 is 6.29 Å². The summed E-state index contributed by atoms with van der Waals surface area (Å²) in [6.45, 7) is 1.56. The molecule has 1 aromatic heterocycles. The van der Waals surface area contributed by atoms with Gasteiger partial charge in [0.15, 0.2) is 6.29 Å². The summed E-state index contributed by atoms with van der Waals surface area (Å²) < 4.78 is 0. The number of aryl methyl sites for hydroxylation is 1. The summed E-state index contributed by atoms with van der Waals surface area (Å²) in [7, 11) is 0. The van der Waals surface area contributed by atoms with Crippen molar-refractivity contribution < 1.29 is 9.90 Å². The van der Waals surface area contributed by atoms with Crippen molar-refractivity contribution in [1.82, 2.24) is 4.98 Å². The number of nitrogens with zero attached hydrogens (tertiary/aromatic N) is 1. The van der Waals surface area contributed by atoms with Crippen LogP contribution in [0.15, 0.2) is 18.3 Å². The van der Waals surface area contributed by atoms with Crippen molar-refractivity contribution in [2.24, 2.45) is 0 Å². The predicted octanol–water partition coefficient (Wildman–Crippen LogP) is 1.45. The van der Waals surface area contributed by atoms with Crippen LogP contribution in [0.1, 0.15) is 36.9 Å². The molecule has 0 spiro atoms. The minimum Gasteiger partial charge on any atom is -0.382 e. The average Bonchev–Trinajstić information content (AvgIpc) is 2.28. The number of carbonyl (C=O) groups is 1.